The zero-order valence-electron chi connectivity index (χ0n) is 10.2. The van der Waals surface area contributed by atoms with Crippen LogP contribution < -0.4 is 5.73 Å². The number of rotatable bonds is 3. The van der Waals surface area contributed by atoms with E-state index in [2.05, 4.69) is 14.8 Å². The van der Waals surface area contributed by atoms with Crippen LogP contribution >= 0.6 is 11.8 Å². The quantitative estimate of drug-likeness (QED) is 0.680. The summed E-state index contributed by atoms with van der Waals surface area (Å²) in [6.07, 6.45) is 3.53. The summed E-state index contributed by atoms with van der Waals surface area (Å²) in [6, 6.07) is 7.95. The molecule has 1 aromatic carbocycles. The second kappa shape index (κ2) is 5.02. The number of anilines is 1. The van der Waals surface area contributed by atoms with Crippen LogP contribution in [-0.2, 0) is 18.7 Å². The van der Waals surface area contributed by atoms with Gasteiger partial charge in [0.05, 0.1) is 5.75 Å². The van der Waals surface area contributed by atoms with E-state index in [0.717, 1.165) is 41.0 Å². The minimum atomic E-state index is 0.834. The van der Waals surface area contributed by atoms with Gasteiger partial charge in [-0.15, -0.1) is 22.0 Å². The van der Waals surface area contributed by atoms with E-state index in [1.54, 1.807) is 11.8 Å². The van der Waals surface area contributed by atoms with Gasteiger partial charge in [-0.3, -0.25) is 0 Å². The summed E-state index contributed by atoms with van der Waals surface area (Å²) in [5, 5.41) is 8.55. The number of hydrogen-bond donors (Lipinski definition) is 1. The van der Waals surface area contributed by atoms with E-state index in [-0.39, 0.29) is 0 Å². The van der Waals surface area contributed by atoms with E-state index in [0.29, 0.717) is 0 Å². The van der Waals surface area contributed by atoms with Gasteiger partial charge in [0.15, 0.2) is 0 Å². The van der Waals surface area contributed by atoms with Crippen molar-refractivity contribution in [3.63, 3.8) is 0 Å². The molecule has 3 rings (SSSR count). The Morgan fingerprint density at radius 2 is 2.11 bits per heavy atom. The summed E-state index contributed by atoms with van der Waals surface area (Å²) in [5.74, 6) is 3.04. The lowest BCUT2D eigenvalue weighted by Gasteiger charge is -2.14. The normalized spacial score (nSPS) is 14.4. The minimum Gasteiger partial charge on any atom is -0.398 e. The van der Waals surface area contributed by atoms with Crippen molar-refractivity contribution >= 4 is 17.4 Å². The van der Waals surface area contributed by atoms with Crippen LogP contribution in [0.4, 0.5) is 5.69 Å². The predicted octanol–water partition coefficient (Wildman–Crippen LogP) is 2.49. The fraction of sp³-hybridized carbons (Fsp3) is 0.385. The maximum absolute atomic E-state index is 5.93. The van der Waals surface area contributed by atoms with Gasteiger partial charge in [-0.1, -0.05) is 12.1 Å². The Kier molecular flexibility index (Phi) is 3.23. The Morgan fingerprint density at radius 1 is 1.22 bits per heavy atom. The van der Waals surface area contributed by atoms with Crippen LogP contribution in [0.25, 0.3) is 0 Å². The highest BCUT2D eigenvalue weighted by molar-refractivity contribution is 7.98. The highest BCUT2D eigenvalue weighted by atomic mass is 32.2. The number of thioether (sulfide) groups is 1. The maximum Gasteiger partial charge on any atom is 0.143 e. The fourth-order valence-electron chi connectivity index (χ4n) is 2.23. The van der Waals surface area contributed by atoms with Crippen molar-refractivity contribution in [1.29, 1.82) is 0 Å². The fourth-order valence-corrected chi connectivity index (χ4v) is 3.14. The van der Waals surface area contributed by atoms with Gasteiger partial charge in [0.25, 0.3) is 0 Å². The molecule has 0 bridgehead atoms. The molecule has 0 saturated heterocycles. The molecule has 0 spiro atoms. The van der Waals surface area contributed by atoms with Crippen LogP contribution in [0.5, 0.6) is 0 Å². The maximum atomic E-state index is 5.93. The van der Waals surface area contributed by atoms with E-state index >= 15 is 0 Å². The first-order valence-corrected chi connectivity index (χ1v) is 7.21. The SMILES string of the molecule is Nc1ccccc1SCc1nnc2n1CCCC2. The van der Waals surface area contributed by atoms with Crippen LogP contribution in [0.2, 0.25) is 0 Å². The first kappa shape index (κ1) is 11.6. The average molecular weight is 260 g/mol. The van der Waals surface area contributed by atoms with Gasteiger partial charge in [0.1, 0.15) is 11.6 Å². The molecular weight excluding hydrogens is 244 g/mol. The van der Waals surface area contributed by atoms with Crippen molar-refractivity contribution in [1.82, 2.24) is 14.8 Å². The number of nitrogens with zero attached hydrogens (tertiary/aromatic N) is 3. The minimum absolute atomic E-state index is 0.834. The molecule has 2 aromatic rings. The number of nitrogens with two attached hydrogens (primary N) is 1. The largest absolute Gasteiger partial charge is 0.398 e. The second-order valence-corrected chi connectivity index (χ2v) is 5.48. The van der Waals surface area contributed by atoms with E-state index in [1.165, 1.54) is 12.8 Å². The molecule has 0 atom stereocenters. The topological polar surface area (TPSA) is 56.7 Å². The number of hydrogen-bond acceptors (Lipinski definition) is 4. The van der Waals surface area contributed by atoms with E-state index < -0.39 is 0 Å². The van der Waals surface area contributed by atoms with Crippen LogP contribution in [0.15, 0.2) is 29.2 Å². The number of benzene rings is 1. The Hall–Kier alpha value is -1.49. The van der Waals surface area contributed by atoms with Crippen LogP contribution in [0.1, 0.15) is 24.5 Å². The lowest BCUT2D eigenvalue weighted by molar-refractivity contribution is 0.513. The monoisotopic (exact) mass is 260 g/mol. The van der Waals surface area contributed by atoms with Crippen LogP contribution in [0.3, 0.4) is 0 Å². The number of aromatic nitrogens is 3. The highest BCUT2D eigenvalue weighted by Gasteiger charge is 2.15. The molecule has 1 aliphatic heterocycles. The number of fused-ring (bicyclic) bond motifs is 1. The number of nitrogen functional groups attached to an aromatic ring is 1. The third kappa shape index (κ3) is 2.22. The molecule has 0 amide bonds. The highest BCUT2D eigenvalue weighted by Crippen LogP contribution is 2.28. The van der Waals surface area contributed by atoms with Crippen molar-refractivity contribution in [3.05, 3.63) is 35.9 Å². The summed E-state index contributed by atoms with van der Waals surface area (Å²) >= 11 is 1.73. The van der Waals surface area contributed by atoms with Gasteiger partial charge in [-0.25, -0.2) is 0 Å². The van der Waals surface area contributed by atoms with Gasteiger partial charge in [0, 0.05) is 23.5 Å². The number of aryl methyl sites for hydroxylation is 1. The molecule has 0 saturated carbocycles. The van der Waals surface area contributed by atoms with Gasteiger partial charge >= 0.3 is 0 Å². The molecule has 0 fully saturated rings. The smallest absolute Gasteiger partial charge is 0.143 e. The first-order valence-electron chi connectivity index (χ1n) is 6.23. The second-order valence-electron chi connectivity index (χ2n) is 4.47. The lowest BCUT2D eigenvalue weighted by Crippen LogP contribution is -2.12. The van der Waals surface area contributed by atoms with E-state index in [1.807, 2.05) is 24.3 Å². The van der Waals surface area contributed by atoms with Crippen molar-refractivity contribution in [2.75, 3.05) is 5.73 Å². The van der Waals surface area contributed by atoms with Gasteiger partial charge in [-0.05, 0) is 25.0 Å². The summed E-state index contributed by atoms with van der Waals surface area (Å²) in [6.45, 7) is 1.06. The molecule has 5 heteroatoms. The summed E-state index contributed by atoms with van der Waals surface area (Å²) in [7, 11) is 0. The molecule has 2 heterocycles. The molecule has 0 unspecified atom stereocenters. The zero-order chi connectivity index (χ0) is 12.4. The lowest BCUT2D eigenvalue weighted by atomic mass is 10.2. The first-order chi connectivity index (χ1) is 8.84. The summed E-state index contributed by atoms with van der Waals surface area (Å²) in [5.41, 5.74) is 6.77. The van der Waals surface area contributed by atoms with Crippen LogP contribution in [-0.4, -0.2) is 14.8 Å². The average Bonchev–Trinajstić information content (AvgIpc) is 2.81. The van der Waals surface area contributed by atoms with Gasteiger partial charge < -0.3 is 10.3 Å². The zero-order valence-corrected chi connectivity index (χ0v) is 11.0. The van der Waals surface area contributed by atoms with E-state index in [4.69, 9.17) is 5.73 Å². The Balaban J connectivity index is 1.74. The van der Waals surface area contributed by atoms with Crippen molar-refractivity contribution in [2.45, 2.75) is 36.5 Å². The molecule has 0 aliphatic carbocycles. The molecule has 94 valence electrons. The summed E-state index contributed by atoms with van der Waals surface area (Å²) < 4.78 is 2.26. The Labute approximate surface area is 111 Å². The molecule has 18 heavy (non-hydrogen) atoms. The third-order valence-electron chi connectivity index (χ3n) is 3.21. The standard InChI is InChI=1S/C13H16N4S/c14-10-5-1-2-6-11(10)18-9-13-16-15-12-7-3-4-8-17(12)13/h1-2,5-6H,3-4,7-9,14H2. The van der Waals surface area contributed by atoms with Gasteiger partial charge in [0.2, 0.25) is 0 Å². The van der Waals surface area contributed by atoms with Crippen molar-refractivity contribution in [2.24, 2.45) is 0 Å². The number of para-hydroxylation sites is 1. The molecular formula is C13H16N4S. The molecule has 4 nitrogen and oxygen atoms in total. The molecule has 1 aromatic heterocycles. The van der Waals surface area contributed by atoms with Crippen LogP contribution in [0, 0.1) is 0 Å². The Morgan fingerprint density at radius 3 is 3.00 bits per heavy atom. The van der Waals surface area contributed by atoms with Crippen molar-refractivity contribution in [3.8, 4) is 0 Å². The predicted molar refractivity (Wildman–Crippen MR) is 73.4 cm³/mol. The van der Waals surface area contributed by atoms with Gasteiger partial charge in [-0.2, -0.15) is 0 Å². The molecule has 0 radical (unpaired) electrons. The summed E-state index contributed by atoms with van der Waals surface area (Å²) in [4.78, 5) is 1.12. The Bertz CT molecular complexity index is 550. The molecule has 2 N–H and O–H groups in total. The van der Waals surface area contributed by atoms with Crippen molar-refractivity contribution < 1.29 is 0 Å². The molecule has 1 aliphatic rings. The third-order valence-corrected chi connectivity index (χ3v) is 4.30. The van der Waals surface area contributed by atoms with E-state index in [9.17, 15) is 0 Å².